The summed E-state index contributed by atoms with van der Waals surface area (Å²) in [7, 11) is 0. The van der Waals surface area contributed by atoms with Gasteiger partial charge in [0.2, 0.25) is 0 Å². The van der Waals surface area contributed by atoms with Crippen molar-refractivity contribution in [3.05, 3.63) is 17.0 Å². The molecule has 0 radical (unpaired) electrons. The molecule has 0 saturated carbocycles. The van der Waals surface area contributed by atoms with Crippen molar-refractivity contribution in [2.75, 3.05) is 0 Å². The van der Waals surface area contributed by atoms with Crippen molar-refractivity contribution in [1.82, 2.24) is 9.78 Å². The average Bonchev–Trinajstić information content (AvgIpc) is 2.59. The van der Waals surface area contributed by atoms with Gasteiger partial charge in [-0.25, -0.2) is 0 Å². The molecule has 0 spiro atoms. The largest absolute Gasteiger partial charge is 0.455 e. The Kier molecular flexibility index (Phi) is 4.76. The predicted molar refractivity (Wildman–Crippen MR) is 66.2 cm³/mol. The van der Waals surface area contributed by atoms with Gasteiger partial charge in [-0.15, -0.1) is 0 Å². The van der Waals surface area contributed by atoms with Crippen molar-refractivity contribution in [3.8, 4) is 0 Å². The van der Waals surface area contributed by atoms with Crippen LogP contribution in [0.2, 0.25) is 0 Å². The molecule has 0 fully saturated rings. The lowest BCUT2D eigenvalue weighted by Crippen LogP contribution is -2.24. The van der Waals surface area contributed by atoms with Crippen LogP contribution in [0.4, 0.5) is 13.2 Å². The highest BCUT2D eigenvalue weighted by molar-refractivity contribution is 6.02. The quantitative estimate of drug-likeness (QED) is 0.769. The van der Waals surface area contributed by atoms with Crippen LogP contribution in [0.3, 0.4) is 0 Å². The fourth-order valence-corrected chi connectivity index (χ4v) is 2.14. The first-order chi connectivity index (χ1) is 8.72. The van der Waals surface area contributed by atoms with Crippen LogP contribution in [0.1, 0.15) is 48.4 Å². The van der Waals surface area contributed by atoms with Crippen molar-refractivity contribution in [1.29, 1.82) is 0 Å². The molecule has 0 aliphatic carbocycles. The Morgan fingerprint density at radius 3 is 2.21 bits per heavy atom. The molecule has 3 nitrogen and oxygen atoms in total. The minimum Gasteiger partial charge on any atom is -0.284 e. The fraction of sp³-hybridized carbons (Fsp3) is 0.692. The topological polar surface area (TPSA) is 34.9 Å². The monoisotopic (exact) mass is 276 g/mol. The van der Waals surface area contributed by atoms with Crippen LogP contribution in [0.5, 0.6) is 0 Å². The smallest absolute Gasteiger partial charge is 0.284 e. The number of aryl methyl sites for hydroxylation is 1. The number of carbonyl (C=O) groups is 1. The summed E-state index contributed by atoms with van der Waals surface area (Å²) in [6.07, 6.45) is -2.99. The van der Waals surface area contributed by atoms with Crippen LogP contribution in [0.25, 0.3) is 0 Å². The van der Waals surface area contributed by atoms with Gasteiger partial charge < -0.3 is 0 Å². The van der Waals surface area contributed by atoms with E-state index in [1.165, 1.54) is 18.5 Å². The van der Waals surface area contributed by atoms with Gasteiger partial charge in [0.1, 0.15) is 0 Å². The van der Waals surface area contributed by atoms with E-state index in [-0.39, 0.29) is 11.3 Å². The molecule has 1 aromatic heterocycles. The molecule has 0 unspecified atom stereocenters. The van der Waals surface area contributed by atoms with E-state index in [4.69, 9.17) is 0 Å². The summed E-state index contributed by atoms with van der Waals surface area (Å²) in [5, 5.41) is 4.08. The standard InChI is InChI=1S/C13H19F3N2O/c1-5-10(6-2)7-18-9(4)11(8(3)17-18)12(19)13(14,15)16/h10H,5-7H2,1-4H3. The van der Waals surface area contributed by atoms with Crippen molar-refractivity contribution >= 4 is 5.78 Å². The van der Waals surface area contributed by atoms with Crippen molar-refractivity contribution in [2.24, 2.45) is 5.92 Å². The Bertz CT molecular complexity index is 459. The number of aromatic nitrogens is 2. The molecule has 6 heteroatoms. The number of hydrogen-bond donors (Lipinski definition) is 0. The third kappa shape index (κ3) is 3.36. The third-order valence-corrected chi connectivity index (χ3v) is 3.45. The second-order valence-corrected chi connectivity index (χ2v) is 4.74. The molecular weight excluding hydrogens is 257 g/mol. The number of carbonyl (C=O) groups excluding carboxylic acids is 1. The van der Waals surface area contributed by atoms with E-state index in [0.717, 1.165) is 12.8 Å². The second kappa shape index (κ2) is 5.75. The Hall–Kier alpha value is -1.33. The number of halogens is 3. The molecule has 0 saturated heterocycles. The Morgan fingerprint density at radius 2 is 1.79 bits per heavy atom. The lowest BCUT2D eigenvalue weighted by atomic mass is 10.0. The molecule has 0 N–H and O–H groups in total. The molecule has 0 atom stereocenters. The highest BCUT2D eigenvalue weighted by atomic mass is 19.4. The van der Waals surface area contributed by atoms with Crippen molar-refractivity contribution in [2.45, 2.75) is 53.3 Å². The number of alkyl halides is 3. The molecule has 0 amide bonds. The van der Waals surface area contributed by atoms with Gasteiger partial charge in [0.15, 0.2) is 0 Å². The Balaban J connectivity index is 3.11. The lowest BCUT2D eigenvalue weighted by Gasteiger charge is -2.13. The number of Topliss-reactive ketones (excluding diaryl/α,β-unsaturated/α-hetero) is 1. The molecule has 0 aromatic carbocycles. The van der Waals surface area contributed by atoms with Crippen LogP contribution in [0.15, 0.2) is 0 Å². The van der Waals surface area contributed by atoms with Crippen LogP contribution >= 0.6 is 0 Å². The molecule has 0 aliphatic rings. The normalized spacial score (nSPS) is 12.2. The maximum Gasteiger partial charge on any atom is 0.455 e. The minimum absolute atomic E-state index is 0.144. The van der Waals surface area contributed by atoms with E-state index in [2.05, 4.69) is 5.10 Å². The van der Waals surface area contributed by atoms with E-state index < -0.39 is 12.0 Å². The maximum atomic E-state index is 12.5. The van der Waals surface area contributed by atoms with Gasteiger partial charge in [0.05, 0.1) is 11.3 Å². The van der Waals surface area contributed by atoms with E-state index in [1.807, 2.05) is 13.8 Å². The van der Waals surface area contributed by atoms with Crippen LogP contribution in [-0.2, 0) is 6.54 Å². The van der Waals surface area contributed by atoms with Crippen LogP contribution in [0, 0.1) is 19.8 Å². The molecule has 1 heterocycles. The zero-order valence-corrected chi connectivity index (χ0v) is 11.6. The summed E-state index contributed by atoms with van der Waals surface area (Å²) >= 11 is 0. The van der Waals surface area contributed by atoms with E-state index in [1.54, 1.807) is 0 Å². The maximum absolute atomic E-state index is 12.5. The van der Waals surface area contributed by atoms with E-state index in [9.17, 15) is 18.0 Å². The molecule has 0 bridgehead atoms. The first-order valence-electron chi connectivity index (χ1n) is 6.37. The van der Waals surface area contributed by atoms with Crippen LogP contribution in [-0.4, -0.2) is 21.7 Å². The molecule has 108 valence electrons. The van der Waals surface area contributed by atoms with Crippen LogP contribution < -0.4 is 0 Å². The molecule has 1 rings (SSSR count). The SMILES string of the molecule is CCC(CC)Cn1nc(C)c(C(=O)C(F)(F)F)c1C. The summed E-state index contributed by atoms with van der Waals surface area (Å²) in [4.78, 5) is 11.4. The second-order valence-electron chi connectivity index (χ2n) is 4.74. The zero-order chi connectivity index (χ0) is 14.8. The Labute approximate surface area is 110 Å². The summed E-state index contributed by atoms with van der Waals surface area (Å²) in [6.45, 7) is 7.56. The highest BCUT2D eigenvalue weighted by Gasteiger charge is 2.42. The summed E-state index contributed by atoms with van der Waals surface area (Å²) in [5.41, 5.74) is 0.135. The first-order valence-corrected chi connectivity index (χ1v) is 6.37. The van der Waals surface area contributed by atoms with E-state index >= 15 is 0 Å². The summed E-state index contributed by atoms with van der Waals surface area (Å²) in [6, 6.07) is 0. The van der Waals surface area contributed by atoms with Gasteiger partial charge in [-0.3, -0.25) is 9.48 Å². The fourth-order valence-electron chi connectivity index (χ4n) is 2.14. The molecular formula is C13H19F3N2O. The van der Waals surface area contributed by atoms with Gasteiger partial charge >= 0.3 is 6.18 Å². The number of hydrogen-bond acceptors (Lipinski definition) is 2. The number of ketones is 1. The predicted octanol–water partition coefficient (Wildman–Crippen LogP) is 3.68. The first kappa shape index (κ1) is 15.7. The lowest BCUT2D eigenvalue weighted by molar-refractivity contribution is -0.0886. The number of rotatable bonds is 5. The van der Waals surface area contributed by atoms with Gasteiger partial charge in [0, 0.05) is 12.2 Å². The van der Waals surface area contributed by atoms with E-state index in [0.29, 0.717) is 18.2 Å². The molecule has 19 heavy (non-hydrogen) atoms. The van der Waals surface area contributed by atoms with Gasteiger partial charge in [0.25, 0.3) is 5.78 Å². The minimum atomic E-state index is -4.85. The molecule has 0 aliphatic heterocycles. The average molecular weight is 276 g/mol. The summed E-state index contributed by atoms with van der Waals surface area (Å²) < 4.78 is 39.1. The van der Waals surface area contributed by atoms with Gasteiger partial charge in [-0.05, 0) is 19.8 Å². The van der Waals surface area contributed by atoms with Gasteiger partial charge in [-0.2, -0.15) is 18.3 Å². The Morgan fingerprint density at radius 1 is 1.26 bits per heavy atom. The highest BCUT2D eigenvalue weighted by Crippen LogP contribution is 2.26. The number of nitrogens with zero attached hydrogens (tertiary/aromatic N) is 2. The van der Waals surface area contributed by atoms with Crippen molar-refractivity contribution < 1.29 is 18.0 Å². The summed E-state index contributed by atoms with van der Waals surface area (Å²) in [5.74, 6) is -1.45. The molecule has 1 aromatic rings. The zero-order valence-electron chi connectivity index (χ0n) is 11.6. The van der Waals surface area contributed by atoms with Gasteiger partial charge in [-0.1, -0.05) is 26.7 Å². The van der Waals surface area contributed by atoms with Crippen molar-refractivity contribution in [3.63, 3.8) is 0 Å². The third-order valence-electron chi connectivity index (χ3n) is 3.45.